The van der Waals surface area contributed by atoms with Crippen LogP contribution in [0.2, 0.25) is 5.02 Å². The van der Waals surface area contributed by atoms with Crippen LogP contribution < -0.4 is 10.1 Å². The molecule has 5 nitrogen and oxygen atoms in total. The number of anilines is 1. The Bertz CT molecular complexity index is 795. The molecule has 2 aromatic rings. The lowest BCUT2D eigenvalue weighted by Crippen LogP contribution is -2.21. The molecule has 0 atom stereocenters. The molecule has 0 heterocycles. The Kier molecular flexibility index (Phi) is 6.36. The van der Waals surface area contributed by atoms with Crippen LogP contribution in [0, 0.1) is 12.7 Å². The summed E-state index contributed by atoms with van der Waals surface area (Å²) in [6.45, 7) is 1.14. The molecule has 2 aromatic carbocycles. The maximum Gasteiger partial charge on any atom is 0.310 e. The lowest BCUT2D eigenvalue weighted by molar-refractivity contribution is -0.146. The van der Waals surface area contributed by atoms with Crippen molar-refractivity contribution in [2.45, 2.75) is 13.3 Å². The fourth-order valence-electron chi connectivity index (χ4n) is 2.11. The van der Waals surface area contributed by atoms with Crippen molar-refractivity contribution in [2.24, 2.45) is 0 Å². The van der Waals surface area contributed by atoms with E-state index in [9.17, 15) is 14.0 Å². The second-order valence-corrected chi connectivity index (χ2v) is 5.74. The Balaban J connectivity index is 1.88. The van der Waals surface area contributed by atoms with Crippen LogP contribution in [0.1, 0.15) is 11.1 Å². The average molecular weight is 366 g/mol. The summed E-state index contributed by atoms with van der Waals surface area (Å²) in [6, 6.07) is 9.19. The number of benzene rings is 2. The topological polar surface area (TPSA) is 64.6 Å². The molecule has 0 aliphatic carbocycles. The van der Waals surface area contributed by atoms with Crippen molar-refractivity contribution in [3.63, 3.8) is 0 Å². The summed E-state index contributed by atoms with van der Waals surface area (Å²) in [5.74, 6) is -1.09. The minimum absolute atomic E-state index is 0.0871. The van der Waals surface area contributed by atoms with Crippen LogP contribution in [0.5, 0.6) is 5.75 Å². The molecule has 7 heteroatoms. The number of ether oxygens (including phenoxy) is 2. The van der Waals surface area contributed by atoms with Crippen LogP contribution in [-0.2, 0) is 20.7 Å². The van der Waals surface area contributed by atoms with E-state index in [0.29, 0.717) is 27.6 Å². The zero-order valence-electron chi connectivity index (χ0n) is 13.8. The number of amides is 1. The fourth-order valence-corrected chi connectivity index (χ4v) is 2.30. The van der Waals surface area contributed by atoms with Gasteiger partial charge in [0.25, 0.3) is 5.91 Å². The molecule has 1 N–H and O–H groups in total. The number of carbonyl (C=O) groups excluding carboxylic acids is 2. The van der Waals surface area contributed by atoms with Crippen molar-refractivity contribution in [1.82, 2.24) is 0 Å². The highest BCUT2D eigenvalue weighted by Gasteiger charge is 2.13. The molecular formula is C18H17ClFNO4. The molecule has 0 spiro atoms. The number of aryl methyl sites for hydroxylation is 1. The lowest BCUT2D eigenvalue weighted by Gasteiger charge is -2.10. The molecule has 0 unspecified atom stereocenters. The van der Waals surface area contributed by atoms with Crippen LogP contribution in [0.25, 0.3) is 0 Å². The number of esters is 1. The zero-order valence-corrected chi connectivity index (χ0v) is 14.5. The minimum atomic E-state index is -0.606. The van der Waals surface area contributed by atoms with E-state index in [0.717, 1.165) is 0 Å². The average Bonchev–Trinajstić information content (AvgIpc) is 2.57. The highest BCUT2D eigenvalue weighted by Crippen LogP contribution is 2.23. The first-order valence-corrected chi connectivity index (χ1v) is 7.81. The predicted octanol–water partition coefficient (Wildman–Crippen LogP) is 3.52. The van der Waals surface area contributed by atoms with Gasteiger partial charge in [-0.1, -0.05) is 17.7 Å². The van der Waals surface area contributed by atoms with Gasteiger partial charge in [-0.2, -0.15) is 0 Å². The van der Waals surface area contributed by atoms with E-state index < -0.39 is 24.3 Å². The van der Waals surface area contributed by atoms with E-state index in [2.05, 4.69) is 5.32 Å². The second-order valence-electron chi connectivity index (χ2n) is 5.31. The lowest BCUT2D eigenvalue weighted by atomic mass is 10.1. The van der Waals surface area contributed by atoms with Gasteiger partial charge in [0, 0.05) is 16.3 Å². The summed E-state index contributed by atoms with van der Waals surface area (Å²) in [5, 5.41) is 2.92. The summed E-state index contributed by atoms with van der Waals surface area (Å²) in [5.41, 5.74) is 1.32. The van der Waals surface area contributed by atoms with E-state index in [1.54, 1.807) is 37.3 Å². The molecule has 0 radical (unpaired) electrons. The highest BCUT2D eigenvalue weighted by molar-refractivity contribution is 6.30. The molecule has 0 aliphatic heterocycles. The molecule has 0 saturated heterocycles. The van der Waals surface area contributed by atoms with Crippen molar-refractivity contribution in [2.75, 3.05) is 19.0 Å². The van der Waals surface area contributed by atoms with Crippen LogP contribution in [0.15, 0.2) is 36.4 Å². The first-order valence-electron chi connectivity index (χ1n) is 7.43. The smallest absolute Gasteiger partial charge is 0.310 e. The van der Waals surface area contributed by atoms with Gasteiger partial charge >= 0.3 is 5.97 Å². The summed E-state index contributed by atoms with van der Waals surface area (Å²) >= 11 is 5.90. The maximum absolute atomic E-state index is 13.4. The molecule has 0 aromatic heterocycles. The van der Waals surface area contributed by atoms with E-state index in [1.807, 2.05) is 0 Å². The number of methoxy groups -OCH3 is 1. The van der Waals surface area contributed by atoms with E-state index >= 15 is 0 Å². The Morgan fingerprint density at radius 2 is 1.96 bits per heavy atom. The maximum atomic E-state index is 13.4. The van der Waals surface area contributed by atoms with Gasteiger partial charge < -0.3 is 14.8 Å². The predicted molar refractivity (Wildman–Crippen MR) is 92.4 cm³/mol. The van der Waals surface area contributed by atoms with Crippen molar-refractivity contribution < 1.29 is 23.5 Å². The monoisotopic (exact) mass is 365 g/mol. The molecule has 25 heavy (non-hydrogen) atoms. The van der Waals surface area contributed by atoms with Gasteiger partial charge in [-0.25, -0.2) is 4.39 Å². The fraction of sp³-hybridized carbons (Fsp3) is 0.222. The largest absolute Gasteiger partial charge is 0.496 e. The van der Waals surface area contributed by atoms with Gasteiger partial charge in [-0.05, 0) is 42.8 Å². The number of halogens is 2. The molecule has 0 aliphatic rings. The van der Waals surface area contributed by atoms with Gasteiger partial charge in [0.2, 0.25) is 0 Å². The van der Waals surface area contributed by atoms with Gasteiger partial charge in [0.05, 0.1) is 13.5 Å². The van der Waals surface area contributed by atoms with Crippen molar-refractivity contribution >= 4 is 29.2 Å². The molecule has 2 rings (SSSR count). The molecule has 0 fully saturated rings. The molecule has 1 amide bonds. The van der Waals surface area contributed by atoms with Crippen LogP contribution in [0.3, 0.4) is 0 Å². The number of carbonyl (C=O) groups is 2. The van der Waals surface area contributed by atoms with Gasteiger partial charge in [0.15, 0.2) is 6.61 Å². The molecule has 0 saturated carbocycles. The highest BCUT2D eigenvalue weighted by atomic mass is 35.5. The summed E-state index contributed by atoms with van der Waals surface area (Å²) < 4.78 is 23.5. The van der Waals surface area contributed by atoms with E-state index in [4.69, 9.17) is 21.1 Å². The number of hydrogen-bond acceptors (Lipinski definition) is 4. The van der Waals surface area contributed by atoms with Crippen molar-refractivity contribution in [3.05, 3.63) is 58.4 Å². The third kappa shape index (κ3) is 5.46. The SMILES string of the molecule is COc1ccc(Cl)cc1CC(=O)OCC(=O)Nc1ccc(C)c(F)c1. The number of rotatable bonds is 6. The van der Waals surface area contributed by atoms with E-state index in [1.165, 1.54) is 13.2 Å². The Morgan fingerprint density at radius 1 is 1.20 bits per heavy atom. The zero-order chi connectivity index (χ0) is 18.4. The van der Waals surface area contributed by atoms with Gasteiger partial charge in [-0.3, -0.25) is 9.59 Å². The summed E-state index contributed by atoms with van der Waals surface area (Å²) in [4.78, 5) is 23.7. The summed E-state index contributed by atoms with van der Waals surface area (Å²) in [6.07, 6.45) is -0.0871. The standard InChI is InChI=1S/C18H17ClFNO4/c1-11-3-5-14(9-15(11)20)21-17(22)10-25-18(23)8-12-7-13(19)4-6-16(12)24-2/h3-7,9H,8,10H2,1-2H3,(H,21,22). The van der Waals surface area contributed by atoms with E-state index in [-0.39, 0.29) is 6.42 Å². The first-order chi connectivity index (χ1) is 11.9. The number of hydrogen-bond donors (Lipinski definition) is 1. The normalized spacial score (nSPS) is 10.2. The third-order valence-electron chi connectivity index (χ3n) is 3.40. The Morgan fingerprint density at radius 3 is 2.64 bits per heavy atom. The Labute approximate surface area is 149 Å². The number of nitrogens with one attached hydrogen (secondary N) is 1. The van der Waals surface area contributed by atoms with Gasteiger partial charge in [0.1, 0.15) is 11.6 Å². The van der Waals surface area contributed by atoms with Gasteiger partial charge in [-0.15, -0.1) is 0 Å². The molecule has 132 valence electrons. The molecular weight excluding hydrogens is 349 g/mol. The van der Waals surface area contributed by atoms with Crippen molar-refractivity contribution in [3.8, 4) is 5.75 Å². The second kappa shape index (κ2) is 8.48. The summed E-state index contributed by atoms with van der Waals surface area (Å²) in [7, 11) is 1.48. The third-order valence-corrected chi connectivity index (χ3v) is 3.63. The van der Waals surface area contributed by atoms with Crippen molar-refractivity contribution in [1.29, 1.82) is 0 Å². The molecule has 0 bridgehead atoms. The Hall–Kier alpha value is -2.60. The quantitative estimate of drug-likeness (QED) is 0.795. The minimum Gasteiger partial charge on any atom is -0.496 e. The van der Waals surface area contributed by atoms with Crippen LogP contribution in [0.4, 0.5) is 10.1 Å². The van der Waals surface area contributed by atoms with Crippen LogP contribution in [-0.4, -0.2) is 25.6 Å². The van der Waals surface area contributed by atoms with Crippen LogP contribution >= 0.6 is 11.6 Å². The first kappa shape index (κ1) is 18.7.